The fourth-order valence-corrected chi connectivity index (χ4v) is 4.01. The molecular weight excluding hydrogens is 368 g/mol. The van der Waals surface area contributed by atoms with Crippen LogP contribution < -0.4 is 10.1 Å². The number of amides is 1. The molecule has 1 atom stereocenters. The van der Waals surface area contributed by atoms with Crippen LogP contribution in [0.1, 0.15) is 34.3 Å². The molecule has 150 valence electrons. The van der Waals surface area contributed by atoms with E-state index in [1.807, 2.05) is 18.2 Å². The SMILES string of the molecule is O=C(O)/C=C/c1ccc2c(c1)C(=O)NC1(CCCN(CCc3ccccc3)C1)O2. The van der Waals surface area contributed by atoms with Gasteiger partial charge >= 0.3 is 5.97 Å². The Morgan fingerprint density at radius 2 is 2.07 bits per heavy atom. The summed E-state index contributed by atoms with van der Waals surface area (Å²) >= 11 is 0. The van der Waals surface area contributed by atoms with E-state index < -0.39 is 11.7 Å². The number of hydrogen-bond donors (Lipinski definition) is 2. The lowest BCUT2D eigenvalue weighted by Gasteiger charge is -2.45. The van der Waals surface area contributed by atoms with Gasteiger partial charge in [-0.2, -0.15) is 0 Å². The molecule has 0 aromatic heterocycles. The van der Waals surface area contributed by atoms with Gasteiger partial charge in [0.1, 0.15) is 5.75 Å². The first-order chi connectivity index (χ1) is 14.0. The highest BCUT2D eigenvalue weighted by atomic mass is 16.5. The van der Waals surface area contributed by atoms with Crippen molar-refractivity contribution < 1.29 is 19.4 Å². The quantitative estimate of drug-likeness (QED) is 0.765. The molecular formula is C23H24N2O4. The molecule has 2 heterocycles. The summed E-state index contributed by atoms with van der Waals surface area (Å²) in [5.41, 5.74) is 1.67. The van der Waals surface area contributed by atoms with Gasteiger partial charge in [0.15, 0.2) is 5.72 Å². The zero-order valence-corrected chi connectivity index (χ0v) is 16.1. The number of carbonyl (C=O) groups excluding carboxylic acids is 1. The molecule has 1 fully saturated rings. The fraction of sp³-hybridized carbons (Fsp3) is 0.304. The van der Waals surface area contributed by atoms with E-state index in [1.54, 1.807) is 18.2 Å². The third-order valence-electron chi connectivity index (χ3n) is 5.41. The second-order valence-corrected chi connectivity index (χ2v) is 7.59. The Morgan fingerprint density at radius 1 is 1.24 bits per heavy atom. The van der Waals surface area contributed by atoms with E-state index >= 15 is 0 Å². The third-order valence-corrected chi connectivity index (χ3v) is 5.41. The van der Waals surface area contributed by atoms with Crippen LogP contribution >= 0.6 is 0 Å². The van der Waals surface area contributed by atoms with Crippen molar-refractivity contribution in [1.29, 1.82) is 0 Å². The number of ether oxygens (including phenoxy) is 1. The largest absolute Gasteiger partial charge is 0.478 e. The van der Waals surface area contributed by atoms with Gasteiger partial charge < -0.3 is 15.2 Å². The molecule has 2 aromatic carbocycles. The summed E-state index contributed by atoms with van der Waals surface area (Å²) in [7, 11) is 0. The second-order valence-electron chi connectivity index (χ2n) is 7.59. The zero-order chi connectivity index (χ0) is 20.3. The van der Waals surface area contributed by atoms with Crippen LogP contribution in [-0.4, -0.2) is 47.2 Å². The summed E-state index contributed by atoms with van der Waals surface area (Å²) in [5.74, 6) is -0.659. The lowest BCUT2D eigenvalue weighted by atomic mass is 9.97. The number of carbonyl (C=O) groups is 2. The summed E-state index contributed by atoms with van der Waals surface area (Å²) < 4.78 is 6.28. The van der Waals surface area contributed by atoms with Gasteiger partial charge in [-0.3, -0.25) is 9.69 Å². The first-order valence-electron chi connectivity index (χ1n) is 9.86. The number of rotatable bonds is 5. The van der Waals surface area contributed by atoms with Gasteiger partial charge in [-0.05, 0) is 48.7 Å². The van der Waals surface area contributed by atoms with Gasteiger partial charge in [0.25, 0.3) is 5.91 Å². The van der Waals surface area contributed by atoms with Crippen molar-refractivity contribution in [3.63, 3.8) is 0 Å². The molecule has 0 aliphatic carbocycles. The van der Waals surface area contributed by atoms with Gasteiger partial charge in [0, 0.05) is 19.0 Å². The van der Waals surface area contributed by atoms with Gasteiger partial charge in [0.2, 0.25) is 0 Å². The molecule has 4 rings (SSSR count). The van der Waals surface area contributed by atoms with Gasteiger partial charge in [-0.25, -0.2) is 4.79 Å². The number of nitrogens with zero attached hydrogens (tertiary/aromatic N) is 1. The first kappa shape index (κ1) is 19.2. The van der Waals surface area contributed by atoms with Gasteiger partial charge in [-0.1, -0.05) is 36.4 Å². The maximum absolute atomic E-state index is 12.8. The Labute approximate surface area is 169 Å². The van der Waals surface area contributed by atoms with Crippen LogP contribution in [0.25, 0.3) is 6.08 Å². The van der Waals surface area contributed by atoms with E-state index in [1.165, 1.54) is 11.6 Å². The first-order valence-corrected chi connectivity index (χ1v) is 9.86. The number of nitrogens with one attached hydrogen (secondary N) is 1. The minimum Gasteiger partial charge on any atom is -0.478 e. The highest BCUT2D eigenvalue weighted by Gasteiger charge is 2.43. The van der Waals surface area contributed by atoms with Crippen LogP contribution in [0.4, 0.5) is 0 Å². The average molecular weight is 392 g/mol. The molecule has 1 unspecified atom stereocenters. The Bertz CT molecular complexity index is 941. The smallest absolute Gasteiger partial charge is 0.328 e. The average Bonchev–Trinajstić information content (AvgIpc) is 2.72. The molecule has 1 spiro atoms. The Kier molecular flexibility index (Phi) is 5.36. The number of aliphatic carboxylic acids is 1. The Hall–Kier alpha value is -3.12. The summed E-state index contributed by atoms with van der Waals surface area (Å²) in [4.78, 5) is 25.8. The van der Waals surface area contributed by atoms with Crippen molar-refractivity contribution in [1.82, 2.24) is 10.2 Å². The number of likely N-dealkylation sites (tertiary alicyclic amines) is 1. The van der Waals surface area contributed by atoms with Crippen molar-refractivity contribution in [2.24, 2.45) is 0 Å². The molecule has 1 saturated heterocycles. The number of carboxylic acids is 1. The van der Waals surface area contributed by atoms with Crippen molar-refractivity contribution in [3.05, 3.63) is 71.3 Å². The third kappa shape index (κ3) is 4.49. The summed E-state index contributed by atoms with van der Waals surface area (Å²) in [6.07, 6.45) is 5.19. The van der Waals surface area contributed by atoms with E-state index in [-0.39, 0.29) is 5.91 Å². The van der Waals surface area contributed by atoms with Crippen LogP contribution in [0.5, 0.6) is 5.75 Å². The minimum atomic E-state index is -1.03. The van der Waals surface area contributed by atoms with E-state index in [0.717, 1.165) is 38.4 Å². The van der Waals surface area contributed by atoms with E-state index in [2.05, 4.69) is 22.3 Å². The van der Waals surface area contributed by atoms with Gasteiger partial charge in [0.05, 0.1) is 12.1 Å². The second kappa shape index (κ2) is 8.09. The Morgan fingerprint density at radius 3 is 2.86 bits per heavy atom. The molecule has 2 aromatic rings. The van der Waals surface area contributed by atoms with Crippen LogP contribution in [-0.2, 0) is 11.2 Å². The maximum Gasteiger partial charge on any atom is 0.328 e. The van der Waals surface area contributed by atoms with Crippen LogP contribution in [0, 0.1) is 0 Å². The molecule has 6 heteroatoms. The lowest BCUT2D eigenvalue weighted by Crippen LogP contribution is -2.64. The lowest BCUT2D eigenvalue weighted by molar-refractivity contribution is -0.131. The number of hydrogen-bond acceptors (Lipinski definition) is 4. The van der Waals surface area contributed by atoms with Crippen LogP contribution in [0.3, 0.4) is 0 Å². The molecule has 0 saturated carbocycles. The molecule has 0 radical (unpaired) electrons. The molecule has 2 aliphatic heterocycles. The Balaban J connectivity index is 1.46. The van der Waals surface area contributed by atoms with Crippen molar-refractivity contribution in [2.45, 2.75) is 25.0 Å². The molecule has 1 amide bonds. The predicted molar refractivity (Wildman–Crippen MR) is 110 cm³/mol. The predicted octanol–water partition coefficient (Wildman–Crippen LogP) is 2.94. The normalized spacial score (nSPS) is 21.6. The van der Waals surface area contributed by atoms with Crippen LogP contribution in [0.15, 0.2) is 54.6 Å². The summed E-state index contributed by atoms with van der Waals surface area (Å²) in [6.45, 7) is 2.54. The summed E-state index contributed by atoms with van der Waals surface area (Å²) in [5, 5.41) is 11.8. The van der Waals surface area contributed by atoms with Crippen molar-refractivity contribution >= 4 is 18.0 Å². The van der Waals surface area contributed by atoms with E-state index in [4.69, 9.17) is 9.84 Å². The van der Waals surface area contributed by atoms with E-state index in [0.29, 0.717) is 23.4 Å². The van der Waals surface area contributed by atoms with Gasteiger partial charge in [-0.15, -0.1) is 0 Å². The molecule has 6 nitrogen and oxygen atoms in total. The highest BCUT2D eigenvalue weighted by molar-refractivity contribution is 5.99. The molecule has 2 N–H and O–H groups in total. The highest BCUT2D eigenvalue weighted by Crippen LogP contribution is 2.33. The topological polar surface area (TPSA) is 78.9 Å². The van der Waals surface area contributed by atoms with E-state index in [9.17, 15) is 9.59 Å². The number of piperidine rings is 1. The minimum absolute atomic E-state index is 0.179. The standard InChI is InChI=1S/C23H24N2O4/c26-21(27)10-8-18-7-9-20-19(15-18)22(28)24-23(29-20)12-4-13-25(16-23)14-11-17-5-2-1-3-6-17/h1-3,5-10,15H,4,11-14,16H2,(H,24,28)(H,26,27)/b10-8+. The van der Waals surface area contributed by atoms with Crippen LogP contribution in [0.2, 0.25) is 0 Å². The molecule has 29 heavy (non-hydrogen) atoms. The van der Waals surface area contributed by atoms with Crippen molar-refractivity contribution in [3.8, 4) is 5.75 Å². The monoisotopic (exact) mass is 392 g/mol. The number of carboxylic acid groups (broad SMARTS) is 1. The molecule has 2 aliphatic rings. The summed E-state index contributed by atoms with van der Waals surface area (Å²) in [6, 6.07) is 15.6. The van der Waals surface area contributed by atoms with Crippen molar-refractivity contribution in [2.75, 3.05) is 19.6 Å². The molecule has 0 bridgehead atoms. The maximum atomic E-state index is 12.8. The number of fused-ring (bicyclic) bond motifs is 1. The fourth-order valence-electron chi connectivity index (χ4n) is 4.01. The zero-order valence-electron chi connectivity index (χ0n) is 16.1. The number of benzene rings is 2.